The van der Waals surface area contributed by atoms with Crippen molar-refractivity contribution in [2.45, 2.75) is 0 Å². The normalized spacial score (nSPS) is 10.4. The quantitative estimate of drug-likeness (QED) is 0.790. The van der Waals surface area contributed by atoms with Gasteiger partial charge in [0.1, 0.15) is 5.02 Å². The second-order valence-electron chi connectivity index (χ2n) is 4.19. The summed E-state index contributed by atoms with van der Waals surface area (Å²) in [5.74, 6) is -0.0280. The van der Waals surface area contributed by atoms with Crippen LogP contribution in [0.15, 0.2) is 36.5 Å². The van der Waals surface area contributed by atoms with Crippen LogP contribution in [0.25, 0.3) is 5.69 Å². The fourth-order valence-corrected chi connectivity index (χ4v) is 1.81. The van der Waals surface area contributed by atoms with Gasteiger partial charge in [0.25, 0.3) is 11.8 Å². The van der Waals surface area contributed by atoms with E-state index in [9.17, 15) is 4.79 Å². The number of carbonyl (C=O) groups is 1. The molecule has 112 valence electrons. The number of amides is 1. The monoisotopic (exact) mass is 309 g/mol. The molecule has 1 N–H and O–H groups in total. The summed E-state index contributed by atoms with van der Waals surface area (Å²) in [5, 5.41) is 7.20. The Morgan fingerprint density at radius 2 is 2.14 bits per heavy atom. The lowest BCUT2D eigenvalue weighted by atomic mass is 10.3. The topological polar surface area (TPSA) is 65.4 Å². The number of aromatic nitrogens is 2. The number of halogens is 1. The Bertz CT molecular complexity index is 586. The first kappa shape index (κ1) is 15.3. The maximum absolute atomic E-state index is 11.5. The van der Waals surface area contributed by atoms with Gasteiger partial charge in [0.2, 0.25) is 0 Å². The minimum absolute atomic E-state index is 0.144. The number of hydrogen-bond donors (Lipinski definition) is 1. The van der Waals surface area contributed by atoms with Crippen molar-refractivity contribution in [2.24, 2.45) is 0 Å². The number of rotatable bonds is 7. The van der Waals surface area contributed by atoms with Gasteiger partial charge in [0.05, 0.1) is 18.5 Å². The van der Waals surface area contributed by atoms with Crippen molar-refractivity contribution in [3.63, 3.8) is 0 Å². The van der Waals surface area contributed by atoms with Crippen LogP contribution < -0.4 is 10.1 Å². The van der Waals surface area contributed by atoms with Crippen LogP contribution in [0.2, 0.25) is 5.02 Å². The highest BCUT2D eigenvalue weighted by Gasteiger charge is 2.11. The van der Waals surface area contributed by atoms with E-state index < -0.39 is 0 Å². The largest absolute Gasteiger partial charge is 0.465 e. The van der Waals surface area contributed by atoms with Gasteiger partial charge in [0, 0.05) is 13.7 Å². The van der Waals surface area contributed by atoms with E-state index in [2.05, 4.69) is 10.4 Å². The fourth-order valence-electron chi connectivity index (χ4n) is 1.63. The molecule has 0 aliphatic carbocycles. The Morgan fingerprint density at radius 1 is 1.38 bits per heavy atom. The van der Waals surface area contributed by atoms with E-state index in [1.54, 1.807) is 18.0 Å². The number of nitrogens with one attached hydrogen (secondary N) is 1. The summed E-state index contributed by atoms with van der Waals surface area (Å²) >= 11 is 6.05. The van der Waals surface area contributed by atoms with Crippen molar-refractivity contribution in [1.82, 2.24) is 15.1 Å². The third-order valence-electron chi connectivity index (χ3n) is 2.63. The van der Waals surface area contributed by atoms with Crippen LogP contribution >= 0.6 is 11.6 Å². The molecule has 2 aromatic rings. The molecule has 0 fully saturated rings. The van der Waals surface area contributed by atoms with Gasteiger partial charge in [-0.3, -0.25) is 4.79 Å². The molecule has 1 aromatic heterocycles. The van der Waals surface area contributed by atoms with Crippen LogP contribution in [-0.2, 0) is 9.53 Å². The zero-order valence-electron chi connectivity index (χ0n) is 11.6. The first-order valence-corrected chi connectivity index (χ1v) is 6.77. The highest BCUT2D eigenvalue weighted by Crippen LogP contribution is 2.23. The third kappa shape index (κ3) is 4.47. The Kier molecular flexibility index (Phi) is 5.59. The Hall–Kier alpha value is -2.05. The van der Waals surface area contributed by atoms with E-state index in [4.69, 9.17) is 21.1 Å². The van der Waals surface area contributed by atoms with Gasteiger partial charge in [-0.05, 0) is 12.1 Å². The van der Waals surface area contributed by atoms with Gasteiger partial charge >= 0.3 is 0 Å². The van der Waals surface area contributed by atoms with Crippen LogP contribution in [0.4, 0.5) is 0 Å². The first-order valence-electron chi connectivity index (χ1n) is 6.39. The summed E-state index contributed by atoms with van der Waals surface area (Å²) in [6.45, 7) is 0.745. The van der Waals surface area contributed by atoms with Gasteiger partial charge in [0.15, 0.2) is 6.61 Å². The van der Waals surface area contributed by atoms with Crippen molar-refractivity contribution in [1.29, 1.82) is 0 Å². The molecule has 1 aromatic carbocycles. The number of benzene rings is 1. The summed E-state index contributed by atoms with van der Waals surface area (Å²) in [6, 6.07) is 9.49. The van der Waals surface area contributed by atoms with Crippen molar-refractivity contribution >= 4 is 17.5 Å². The van der Waals surface area contributed by atoms with Crippen LogP contribution in [0.1, 0.15) is 0 Å². The van der Waals surface area contributed by atoms with Crippen LogP contribution in [0, 0.1) is 0 Å². The predicted molar refractivity (Wildman–Crippen MR) is 79.0 cm³/mol. The van der Waals surface area contributed by atoms with Gasteiger partial charge in [-0.25, -0.2) is 4.68 Å². The second kappa shape index (κ2) is 7.66. The molecule has 0 unspecified atom stereocenters. The molecule has 0 aliphatic heterocycles. The molecular weight excluding hydrogens is 294 g/mol. The first-order chi connectivity index (χ1) is 10.2. The van der Waals surface area contributed by atoms with Crippen molar-refractivity contribution < 1.29 is 14.3 Å². The molecule has 7 heteroatoms. The lowest BCUT2D eigenvalue weighted by Crippen LogP contribution is -2.31. The van der Waals surface area contributed by atoms with E-state index in [-0.39, 0.29) is 18.4 Å². The molecular formula is C14H16ClN3O3. The molecule has 0 radical (unpaired) electrons. The Balaban J connectivity index is 1.93. The minimum atomic E-state index is -0.252. The molecule has 0 aliphatic rings. The lowest BCUT2D eigenvalue weighted by molar-refractivity contribution is -0.123. The predicted octanol–water partition coefficient (Wildman–Crippen LogP) is 1.67. The smallest absolute Gasteiger partial charge is 0.258 e. The number of hydrogen-bond acceptors (Lipinski definition) is 4. The number of ether oxygens (including phenoxy) is 2. The Labute approximate surface area is 127 Å². The Morgan fingerprint density at radius 3 is 2.86 bits per heavy atom. The van der Waals surface area contributed by atoms with E-state index in [1.165, 1.54) is 0 Å². The molecule has 0 bridgehead atoms. The summed E-state index contributed by atoms with van der Waals surface area (Å²) in [6.07, 6.45) is 1.63. The fraction of sp³-hybridized carbons (Fsp3) is 0.286. The van der Waals surface area contributed by atoms with Crippen LogP contribution in [0.3, 0.4) is 0 Å². The number of para-hydroxylation sites is 1. The third-order valence-corrected chi connectivity index (χ3v) is 2.89. The summed E-state index contributed by atoms with van der Waals surface area (Å²) < 4.78 is 11.7. The molecule has 1 heterocycles. The van der Waals surface area contributed by atoms with Crippen LogP contribution in [-0.4, -0.2) is 42.6 Å². The van der Waals surface area contributed by atoms with Gasteiger partial charge in [-0.15, -0.1) is 5.10 Å². The summed E-state index contributed by atoms with van der Waals surface area (Å²) in [7, 11) is 1.57. The molecule has 0 spiro atoms. The molecule has 1 amide bonds. The summed E-state index contributed by atoms with van der Waals surface area (Å²) in [4.78, 5) is 11.5. The van der Waals surface area contributed by atoms with Gasteiger partial charge in [-0.2, -0.15) is 0 Å². The zero-order chi connectivity index (χ0) is 15.1. The van der Waals surface area contributed by atoms with Crippen molar-refractivity contribution in [3.05, 3.63) is 41.6 Å². The SMILES string of the molecule is COCCNC(=O)COc1nn(-c2ccccc2)cc1Cl. The molecule has 2 rings (SSSR count). The van der Waals surface area contributed by atoms with E-state index in [1.807, 2.05) is 30.3 Å². The van der Waals surface area contributed by atoms with Crippen molar-refractivity contribution in [2.75, 3.05) is 26.9 Å². The highest BCUT2D eigenvalue weighted by atomic mass is 35.5. The molecule has 0 saturated carbocycles. The average Bonchev–Trinajstić information content (AvgIpc) is 2.87. The van der Waals surface area contributed by atoms with Gasteiger partial charge in [-0.1, -0.05) is 29.8 Å². The molecule has 0 atom stereocenters. The second-order valence-corrected chi connectivity index (χ2v) is 4.60. The number of carbonyl (C=O) groups excluding carboxylic acids is 1. The maximum atomic E-state index is 11.5. The van der Waals surface area contributed by atoms with Crippen LogP contribution in [0.5, 0.6) is 5.88 Å². The minimum Gasteiger partial charge on any atom is -0.465 e. The van der Waals surface area contributed by atoms with E-state index in [0.29, 0.717) is 18.2 Å². The molecule has 0 saturated heterocycles. The number of nitrogens with zero attached hydrogens (tertiary/aromatic N) is 2. The standard InChI is InChI=1S/C14H16ClN3O3/c1-20-8-7-16-13(19)10-21-14-12(15)9-18(17-14)11-5-3-2-4-6-11/h2-6,9H,7-8,10H2,1H3,(H,16,19). The van der Waals surface area contributed by atoms with E-state index in [0.717, 1.165) is 5.69 Å². The molecule has 6 nitrogen and oxygen atoms in total. The van der Waals surface area contributed by atoms with E-state index >= 15 is 0 Å². The van der Waals surface area contributed by atoms with Gasteiger partial charge < -0.3 is 14.8 Å². The summed E-state index contributed by atoms with van der Waals surface area (Å²) in [5.41, 5.74) is 0.860. The average molecular weight is 310 g/mol. The lowest BCUT2D eigenvalue weighted by Gasteiger charge is -2.05. The maximum Gasteiger partial charge on any atom is 0.258 e. The highest BCUT2D eigenvalue weighted by molar-refractivity contribution is 6.31. The van der Waals surface area contributed by atoms with Crippen molar-refractivity contribution in [3.8, 4) is 11.6 Å². The molecule has 21 heavy (non-hydrogen) atoms. The zero-order valence-corrected chi connectivity index (χ0v) is 12.3. The number of methoxy groups -OCH3 is 1.